The number of nitrogens with zero attached hydrogens (tertiary/aromatic N) is 1. The van der Waals surface area contributed by atoms with Crippen molar-refractivity contribution in [2.75, 3.05) is 17.7 Å². The highest BCUT2D eigenvalue weighted by atomic mass is 16.6. The van der Waals surface area contributed by atoms with Crippen LogP contribution in [-0.4, -0.2) is 35.4 Å². The highest BCUT2D eigenvalue weighted by Crippen LogP contribution is 2.23. The molecule has 0 radical (unpaired) electrons. The summed E-state index contributed by atoms with van der Waals surface area (Å²) in [5.74, 6) is -1.85. The Hall–Kier alpha value is -3.95. The van der Waals surface area contributed by atoms with Crippen molar-refractivity contribution in [3.63, 3.8) is 0 Å². The maximum atomic E-state index is 12.6. The van der Waals surface area contributed by atoms with Crippen molar-refractivity contribution in [2.24, 2.45) is 0 Å². The molecule has 162 valence electrons. The molecule has 0 saturated heterocycles. The van der Waals surface area contributed by atoms with Crippen LogP contribution in [0.5, 0.6) is 0 Å². The van der Waals surface area contributed by atoms with Gasteiger partial charge in [0.25, 0.3) is 17.5 Å². The number of carbonyl (C=O) groups excluding carboxylic acids is 3. The third-order valence-corrected chi connectivity index (χ3v) is 4.93. The van der Waals surface area contributed by atoms with E-state index in [0.717, 1.165) is 31.7 Å². The number of nitrogens with two attached hydrogens (primary N) is 1. The summed E-state index contributed by atoms with van der Waals surface area (Å²) in [6.45, 7) is -0.629. The zero-order chi connectivity index (χ0) is 22.4. The number of hydrogen-bond donors (Lipinski definition) is 3. The van der Waals surface area contributed by atoms with Crippen LogP contribution in [0.15, 0.2) is 42.5 Å². The third-order valence-electron chi connectivity index (χ3n) is 4.93. The number of nitro groups is 1. The number of nitro benzene ring substituents is 1. The molecular formula is C21H22N4O6. The molecule has 1 fully saturated rings. The molecule has 0 spiro atoms. The molecule has 10 heteroatoms. The second-order valence-corrected chi connectivity index (χ2v) is 7.16. The van der Waals surface area contributed by atoms with Gasteiger partial charge in [-0.1, -0.05) is 25.0 Å². The van der Waals surface area contributed by atoms with Gasteiger partial charge in [0.05, 0.1) is 21.7 Å². The van der Waals surface area contributed by atoms with Crippen LogP contribution in [0.2, 0.25) is 0 Å². The minimum absolute atomic E-state index is 0.0909. The highest BCUT2D eigenvalue weighted by molar-refractivity contribution is 6.04. The number of esters is 1. The van der Waals surface area contributed by atoms with E-state index in [0.29, 0.717) is 11.3 Å². The predicted octanol–water partition coefficient (Wildman–Crippen LogP) is 2.64. The molecule has 0 bridgehead atoms. The van der Waals surface area contributed by atoms with E-state index in [1.54, 1.807) is 24.3 Å². The molecule has 1 aliphatic rings. The summed E-state index contributed by atoms with van der Waals surface area (Å²) in [5.41, 5.74) is 5.47. The van der Waals surface area contributed by atoms with Crippen LogP contribution in [0.25, 0.3) is 0 Å². The summed E-state index contributed by atoms with van der Waals surface area (Å²) < 4.78 is 4.93. The van der Waals surface area contributed by atoms with E-state index in [-0.39, 0.29) is 23.2 Å². The van der Waals surface area contributed by atoms with Gasteiger partial charge in [-0.25, -0.2) is 4.79 Å². The van der Waals surface area contributed by atoms with E-state index in [1.165, 1.54) is 12.1 Å². The Balaban J connectivity index is 1.60. The SMILES string of the molecule is Nc1ccc(C(=O)OCC(=O)Nc2ccccc2C(=O)NC2CCCC2)cc1[N+](=O)[O-]. The second-order valence-electron chi connectivity index (χ2n) is 7.16. The van der Waals surface area contributed by atoms with Crippen LogP contribution in [0, 0.1) is 10.1 Å². The van der Waals surface area contributed by atoms with Gasteiger partial charge in [0, 0.05) is 12.1 Å². The molecule has 0 aromatic heterocycles. The Morgan fingerprint density at radius 3 is 2.55 bits per heavy atom. The maximum Gasteiger partial charge on any atom is 0.338 e. The number of benzene rings is 2. The lowest BCUT2D eigenvalue weighted by Crippen LogP contribution is -2.33. The van der Waals surface area contributed by atoms with Crippen LogP contribution in [0.1, 0.15) is 46.4 Å². The molecule has 31 heavy (non-hydrogen) atoms. The first-order valence-electron chi connectivity index (χ1n) is 9.76. The van der Waals surface area contributed by atoms with Crippen molar-refractivity contribution in [1.29, 1.82) is 0 Å². The number of amides is 2. The standard InChI is InChI=1S/C21H22N4O6/c22-16-10-9-13(11-18(16)25(29)30)21(28)31-12-19(26)24-17-8-4-3-7-15(17)20(27)23-14-5-1-2-6-14/h3-4,7-11,14H,1-2,5-6,12,22H2,(H,23,27)(H,24,26). The highest BCUT2D eigenvalue weighted by Gasteiger charge is 2.21. The molecule has 2 aromatic carbocycles. The topological polar surface area (TPSA) is 154 Å². The predicted molar refractivity (Wildman–Crippen MR) is 113 cm³/mol. The van der Waals surface area contributed by atoms with Crippen LogP contribution >= 0.6 is 0 Å². The van der Waals surface area contributed by atoms with Crippen molar-refractivity contribution >= 4 is 34.8 Å². The summed E-state index contributed by atoms with van der Waals surface area (Å²) in [6.07, 6.45) is 4.01. The lowest BCUT2D eigenvalue weighted by molar-refractivity contribution is -0.383. The molecule has 0 atom stereocenters. The largest absolute Gasteiger partial charge is 0.452 e. The minimum Gasteiger partial charge on any atom is -0.452 e. The first kappa shape index (κ1) is 21.8. The van der Waals surface area contributed by atoms with Gasteiger partial charge in [-0.15, -0.1) is 0 Å². The van der Waals surface area contributed by atoms with Crippen LogP contribution < -0.4 is 16.4 Å². The number of hydrogen-bond acceptors (Lipinski definition) is 7. The van der Waals surface area contributed by atoms with E-state index in [9.17, 15) is 24.5 Å². The molecule has 2 amide bonds. The van der Waals surface area contributed by atoms with Crippen molar-refractivity contribution in [1.82, 2.24) is 5.32 Å². The summed E-state index contributed by atoms with van der Waals surface area (Å²) >= 11 is 0. The molecule has 1 saturated carbocycles. The number of para-hydroxylation sites is 1. The summed E-state index contributed by atoms with van der Waals surface area (Å²) in [4.78, 5) is 47.2. The van der Waals surface area contributed by atoms with Gasteiger partial charge < -0.3 is 21.1 Å². The van der Waals surface area contributed by atoms with Gasteiger partial charge in [0.1, 0.15) is 5.69 Å². The molecule has 0 heterocycles. The monoisotopic (exact) mass is 426 g/mol. The van der Waals surface area contributed by atoms with Gasteiger partial charge in [-0.05, 0) is 37.1 Å². The summed E-state index contributed by atoms with van der Waals surface area (Å²) in [5, 5.41) is 16.5. The van der Waals surface area contributed by atoms with Crippen LogP contribution in [-0.2, 0) is 9.53 Å². The molecule has 0 aliphatic heterocycles. The van der Waals surface area contributed by atoms with E-state index in [4.69, 9.17) is 10.5 Å². The number of nitrogens with one attached hydrogen (secondary N) is 2. The lowest BCUT2D eigenvalue weighted by Gasteiger charge is -2.15. The lowest BCUT2D eigenvalue weighted by atomic mass is 10.1. The maximum absolute atomic E-state index is 12.6. The molecule has 0 unspecified atom stereocenters. The fraction of sp³-hybridized carbons (Fsp3) is 0.286. The van der Waals surface area contributed by atoms with E-state index < -0.39 is 29.1 Å². The zero-order valence-electron chi connectivity index (χ0n) is 16.6. The number of anilines is 2. The van der Waals surface area contributed by atoms with Gasteiger partial charge in [-0.2, -0.15) is 0 Å². The van der Waals surface area contributed by atoms with E-state index >= 15 is 0 Å². The quantitative estimate of drug-likeness (QED) is 0.266. The van der Waals surface area contributed by atoms with Crippen molar-refractivity contribution in [3.05, 3.63) is 63.7 Å². The van der Waals surface area contributed by atoms with Gasteiger partial charge in [0.15, 0.2) is 6.61 Å². The Kier molecular flexibility index (Phi) is 6.81. The Morgan fingerprint density at radius 1 is 1.13 bits per heavy atom. The van der Waals surface area contributed by atoms with E-state index in [2.05, 4.69) is 10.6 Å². The number of carbonyl (C=O) groups is 3. The normalized spacial score (nSPS) is 13.4. The summed E-state index contributed by atoms with van der Waals surface area (Å²) in [7, 11) is 0. The molecule has 10 nitrogen and oxygen atoms in total. The van der Waals surface area contributed by atoms with Crippen molar-refractivity contribution < 1.29 is 24.0 Å². The average molecular weight is 426 g/mol. The van der Waals surface area contributed by atoms with Gasteiger partial charge in [-0.3, -0.25) is 19.7 Å². The van der Waals surface area contributed by atoms with Crippen molar-refractivity contribution in [2.45, 2.75) is 31.7 Å². The number of ether oxygens (including phenoxy) is 1. The van der Waals surface area contributed by atoms with E-state index in [1.807, 2.05) is 0 Å². The fourth-order valence-electron chi connectivity index (χ4n) is 3.35. The van der Waals surface area contributed by atoms with Crippen molar-refractivity contribution in [3.8, 4) is 0 Å². The summed E-state index contributed by atoms with van der Waals surface area (Å²) in [6, 6.07) is 10.1. The second kappa shape index (κ2) is 9.70. The zero-order valence-corrected chi connectivity index (χ0v) is 16.6. The molecule has 3 rings (SSSR count). The third kappa shape index (κ3) is 5.56. The Bertz CT molecular complexity index is 1020. The fourth-order valence-corrected chi connectivity index (χ4v) is 3.35. The number of nitrogen functional groups attached to an aromatic ring is 1. The smallest absolute Gasteiger partial charge is 0.338 e. The molecule has 1 aliphatic carbocycles. The molecule has 4 N–H and O–H groups in total. The van der Waals surface area contributed by atoms with Crippen LogP contribution in [0.4, 0.5) is 17.1 Å². The minimum atomic E-state index is -0.912. The molecule has 2 aromatic rings. The molecular weight excluding hydrogens is 404 g/mol. The Labute approximate surface area is 177 Å². The number of rotatable bonds is 7. The van der Waals surface area contributed by atoms with Gasteiger partial charge in [0.2, 0.25) is 0 Å². The Morgan fingerprint density at radius 2 is 1.84 bits per heavy atom. The van der Waals surface area contributed by atoms with Crippen LogP contribution in [0.3, 0.4) is 0 Å². The average Bonchev–Trinajstić information content (AvgIpc) is 3.25. The first-order valence-corrected chi connectivity index (χ1v) is 9.76. The first-order chi connectivity index (χ1) is 14.8. The van der Waals surface area contributed by atoms with Gasteiger partial charge >= 0.3 is 5.97 Å².